The van der Waals surface area contributed by atoms with Crippen molar-refractivity contribution in [3.05, 3.63) is 36.0 Å². The van der Waals surface area contributed by atoms with E-state index in [2.05, 4.69) is 33.6 Å². The van der Waals surface area contributed by atoms with Crippen molar-refractivity contribution < 1.29 is 29.1 Å². The number of carboxylic acid groups (broad SMARTS) is 1. The van der Waals surface area contributed by atoms with Crippen molar-refractivity contribution in [3.63, 3.8) is 0 Å². The van der Waals surface area contributed by atoms with Crippen LogP contribution in [0.2, 0.25) is 0 Å². The second-order valence-electron chi connectivity index (χ2n) is 8.66. The van der Waals surface area contributed by atoms with Crippen LogP contribution in [0.1, 0.15) is 24.8 Å². The number of rotatable bonds is 16. The van der Waals surface area contributed by atoms with Gasteiger partial charge in [0.2, 0.25) is 23.6 Å². The number of fused-ring (bicyclic) bond motifs is 1. The number of thioether (sulfide) groups is 1. The molecule has 1 heterocycles. The number of benzene rings is 1. The number of amides is 4. The van der Waals surface area contributed by atoms with Gasteiger partial charge in [-0.25, -0.2) is 4.79 Å². The number of aliphatic carboxylic acids is 1. The van der Waals surface area contributed by atoms with Gasteiger partial charge < -0.3 is 37.5 Å². The fourth-order valence-electron chi connectivity index (χ4n) is 3.70. The summed E-state index contributed by atoms with van der Waals surface area (Å²) in [5, 5.41) is 17.7. The van der Waals surface area contributed by atoms with Gasteiger partial charge in [0.25, 0.3) is 0 Å². The van der Waals surface area contributed by atoms with Crippen molar-refractivity contribution in [1.82, 2.24) is 20.9 Å². The highest BCUT2D eigenvalue weighted by Gasteiger charge is 2.30. The molecule has 2 rings (SSSR count). The number of carbonyl (C=O) groups excluding carboxylic acids is 4. The van der Waals surface area contributed by atoms with Crippen molar-refractivity contribution in [2.75, 3.05) is 17.8 Å². The van der Waals surface area contributed by atoms with E-state index in [1.165, 1.54) is 11.8 Å². The maximum absolute atomic E-state index is 13.0. The van der Waals surface area contributed by atoms with Crippen LogP contribution in [0, 0.1) is 0 Å². The number of nitrogens with one attached hydrogen (secondary N) is 4. The van der Waals surface area contributed by atoms with E-state index in [1.807, 2.05) is 30.5 Å². The van der Waals surface area contributed by atoms with Gasteiger partial charge in [-0.05, 0) is 42.9 Å². The molecule has 0 saturated carbocycles. The first-order valence-corrected chi connectivity index (χ1v) is 13.9. The van der Waals surface area contributed by atoms with Gasteiger partial charge in [-0.15, -0.1) is 0 Å². The Morgan fingerprint density at radius 3 is 2.26 bits per heavy atom. The van der Waals surface area contributed by atoms with E-state index < -0.39 is 53.8 Å². The second kappa shape index (κ2) is 15.2. The number of carbonyl (C=O) groups is 5. The van der Waals surface area contributed by atoms with E-state index in [0.717, 1.165) is 16.5 Å². The minimum absolute atomic E-state index is 0.126. The Morgan fingerprint density at radius 1 is 1.00 bits per heavy atom. The van der Waals surface area contributed by atoms with Gasteiger partial charge in [0.05, 0.1) is 6.04 Å². The number of primary amides is 1. The molecule has 1 aromatic heterocycles. The first kappa shape index (κ1) is 31.0. The highest BCUT2D eigenvalue weighted by atomic mass is 32.2. The van der Waals surface area contributed by atoms with Crippen molar-refractivity contribution >= 4 is 64.9 Å². The fourth-order valence-corrected chi connectivity index (χ4v) is 4.42. The summed E-state index contributed by atoms with van der Waals surface area (Å²) in [5.41, 5.74) is 13.1. The predicted octanol–water partition coefficient (Wildman–Crippen LogP) is -0.475. The molecular formula is C24H34N6O6S2. The van der Waals surface area contributed by atoms with E-state index >= 15 is 0 Å². The van der Waals surface area contributed by atoms with Crippen LogP contribution >= 0.6 is 24.4 Å². The number of hydrogen-bond donors (Lipinski definition) is 8. The fraction of sp³-hybridized carbons (Fsp3) is 0.458. The first-order valence-electron chi connectivity index (χ1n) is 11.9. The molecule has 208 valence electrons. The van der Waals surface area contributed by atoms with Crippen LogP contribution in [-0.2, 0) is 30.4 Å². The van der Waals surface area contributed by atoms with E-state index in [1.54, 1.807) is 6.20 Å². The summed E-state index contributed by atoms with van der Waals surface area (Å²) < 4.78 is 0. The van der Waals surface area contributed by atoms with Gasteiger partial charge in [-0.2, -0.15) is 24.4 Å². The molecule has 0 aliphatic carbocycles. The maximum Gasteiger partial charge on any atom is 0.326 e. The highest BCUT2D eigenvalue weighted by Crippen LogP contribution is 2.18. The number of nitrogens with two attached hydrogens (primary N) is 2. The molecule has 0 bridgehead atoms. The molecule has 4 atom stereocenters. The van der Waals surface area contributed by atoms with E-state index in [0.29, 0.717) is 5.75 Å². The topological polar surface area (TPSA) is 209 Å². The number of hydrogen-bond acceptors (Lipinski definition) is 8. The lowest BCUT2D eigenvalue weighted by molar-refractivity contribution is -0.142. The van der Waals surface area contributed by atoms with Crippen molar-refractivity contribution in [2.45, 2.75) is 49.9 Å². The lowest BCUT2D eigenvalue weighted by atomic mass is 10.0. The Morgan fingerprint density at radius 2 is 1.63 bits per heavy atom. The van der Waals surface area contributed by atoms with E-state index in [-0.39, 0.29) is 31.4 Å². The molecular weight excluding hydrogens is 532 g/mol. The Bertz CT molecular complexity index is 1140. The van der Waals surface area contributed by atoms with Crippen molar-refractivity contribution in [3.8, 4) is 0 Å². The maximum atomic E-state index is 13.0. The summed E-state index contributed by atoms with van der Waals surface area (Å²) in [5.74, 6) is -3.64. The molecule has 38 heavy (non-hydrogen) atoms. The normalized spacial score (nSPS) is 14.2. The van der Waals surface area contributed by atoms with Crippen LogP contribution in [0.3, 0.4) is 0 Å². The molecule has 9 N–H and O–H groups in total. The standard InChI is InChI=1S/C24H34N6O6S2/c1-38-9-8-18(24(35)36)29-23(34)19(12-37)30-22(33)17(6-7-20(26)31)28-21(32)15(25)10-13-11-27-16-5-3-2-4-14(13)16/h2-5,11,15,17-19,27,37H,6-10,12,25H2,1H3,(H2,26,31)(H,28,32)(H,29,34)(H,30,33)(H,35,36). The molecule has 4 unspecified atom stereocenters. The zero-order chi connectivity index (χ0) is 28.2. The quantitative estimate of drug-likeness (QED) is 0.124. The molecule has 0 spiro atoms. The third-order valence-corrected chi connectivity index (χ3v) is 6.81. The van der Waals surface area contributed by atoms with Crippen molar-refractivity contribution in [2.24, 2.45) is 11.5 Å². The van der Waals surface area contributed by atoms with Crippen LogP contribution in [0.4, 0.5) is 0 Å². The number of aromatic nitrogens is 1. The van der Waals surface area contributed by atoms with E-state index in [9.17, 15) is 29.1 Å². The second-order valence-corrected chi connectivity index (χ2v) is 10.0. The number of para-hydroxylation sites is 1. The van der Waals surface area contributed by atoms with Gasteiger partial charge in [-0.1, -0.05) is 18.2 Å². The molecule has 12 nitrogen and oxygen atoms in total. The molecule has 0 radical (unpaired) electrons. The SMILES string of the molecule is CSCCC(NC(=O)C(CS)NC(=O)C(CCC(N)=O)NC(=O)C(N)Cc1c[nH]c2ccccc12)C(=O)O. The predicted molar refractivity (Wildman–Crippen MR) is 149 cm³/mol. The molecule has 0 aliphatic heterocycles. The molecule has 1 aromatic carbocycles. The number of aromatic amines is 1. The average Bonchev–Trinajstić information content (AvgIpc) is 3.29. The summed E-state index contributed by atoms with van der Waals surface area (Å²) in [7, 11) is 0. The molecule has 4 amide bonds. The molecule has 0 saturated heterocycles. The van der Waals surface area contributed by atoms with Gasteiger partial charge in [0.1, 0.15) is 18.1 Å². The van der Waals surface area contributed by atoms with Crippen LogP contribution in [0.15, 0.2) is 30.5 Å². The van der Waals surface area contributed by atoms with E-state index in [4.69, 9.17) is 11.5 Å². The average molecular weight is 567 g/mol. The van der Waals surface area contributed by atoms with Crippen LogP contribution in [0.5, 0.6) is 0 Å². The van der Waals surface area contributed by atoms with Crippen LogP contribution < -0.4 is 27.4 Å². The van der Waals surface area contributed by atoms with Gasteiger partial charge in [0.15, 0.2) is 0 Å². The Balaban J connectivity index is 2.07. The van der Waals surface area contributed by atoms with Crippen LogP contribution in [0.25, 0.3) is 10.9 Å². The number of H-pyrrole nitrogens is 1. The van der Waals surface area contributed by atoms with Gasteiger partial charge in [-0.3, -0.25) is 19.2 Å². The number of carboxylic acids is 1. The smallest absolute Gasteiger partial charge is 0.326 e. The summed E-state index contributed by atoms with van der Waals surface area (Å²) in [4.78, 5) is 64.5. The van der Waals surface area contributed by atoms with Crippen molar-refractivity contribution in [1.29, 1.82) is 0 Å². The number of thiol groups is 1. The molecule has 0 aliphatic rings. The summed E-state index contributed by atoms with van der Waals surface area (Å²) >= 11 is 5.53. The summed E-state index contributed by atoms with van der Waals surface area (Å²) in [6.45, 7) is 0. The first-order chi connectivity index (χ1) is 18.1. The minimum atomic E-state index is -1.22. The lowest BCUT2D eigenvalue weighted by Gasteiger charge is -2.24. The zero-order valence-corrected chi connectivity index (χ0v) is 22.6. The Hall–Kier alpha value is -3.23. The molecule has 14 heteroatoms. The van der Waals surface area contributed by atoms with Gasteiger partial charge in [0, 0.05) is 29.3 Å². The van der Waals surface area contributed by atoms with Crippen LogP contribution in [-0.4, -0.2) is 81.6 Å². The third-order valence-electron chi connectivity index (χ3n) is 5.80. The summed E-state index contributed by atoms with van der Waals surface area (Å²) in [6, 6.07) is 2.99. The minimum Gasteiger partial charge on any atom is -0.480 e. The summed E-state index contributed by atoms with van der Waals surface area (Å²) in [6.07, 6.45) is 3.62. The zero-order valence-electron chi connectivity index (χ0n) is 20.9. The Labute approximate surface area is 229 Å². The lowest BCUT2D eigenvalue weighted by Crippen LogP contribution is -2.58. The molecule has 2 aromatic rings. The molecule has 0 fully saturated rings. The Kier molecular flexibility index (Phi) is 12.4. The highest BCUT2D eigenvalue weighted by molar-refractivity contribution is 7.98. The third kappa shape index (κ3) is 9.26. The van der Waals surface area contributed by atoms with Gasteiger partial charge >= 0.3 is 5.97 Å². The largest absolute Gasteiger partial charge is 0.480 e. The monoisotopic (exact) mass is 566 g/mol.